The summed E-state index contributed by atoms with van der Waals surface area (Å²) in [6, 6.07) is 28.5. The first-order valence-corrected chi connectivity index (χ1v) is 23.2. The minimum Gasteiger partial charge on any atom is -0.492 e. The molecule has 4 fully saturated rings. The van der Waals surface area contributed by atoms with Crippen LogP contribution in [0.2, 0.25) is 10.0 Å². The highest BCUT2D eigenvalue weighted by molar-refractivity contribution is 7.21. The van der Waals surface area contributed by atoms with Crippen molar-refractivity contribution in [3.05, 3.63) is 95.0 Å². The highest BCUT2D eigenvalue weighted by atomic mass is 35.5. The number of piperidine rings is 2. The Labute approximate surface area is 366 Å². The zero-order valence-corrected chi connectivity index (χ0v) is 36.1. The maximum atomic E-state index is 13.2. The Morgan fingerprint density at radius 1 is 0.617 bits per heavy atom. The number of primary amides is 1. The molecule has 10 rings (SSSR count). The van der Waals surface area contributed by atoms with E-state index in [0.29, 0.717) is 69.3 Å². The van der Waals surface area contributed by atoms with Crippen LogP contribution in [0.15, 0.2) is 84.9 Å². The molecule has 0 aliphatic carbocycles. The van der Waals surface area contributed by atoms with Crippen LogP contribution in [0.1, 0.15) is 51.4 Å². The van der Waals surface area contributed by atoms with Gasteiger partial charge in [0.25, 0.3) is 10.4 Å². The van der Waals surface area contributed by atoms with E-state index in [1.165, 1.54) is 22.7 Å². The molecule has 4 unspecified atom stereocenters. The van der Waals surface area contributed by atoms with Gasteiger partial charge in [0.15, 0.2) is 0 Å². The lowest BCUT2D eigenvalue weighted by molar-refractivity contribution is 0.0162. The van der Waals surface area contributed by atoms with Gasteiger partial charge in [-0.1, -0.05) is 58.0 Å². The Balaban J connectivity index is 0.680. The number of fused-ring (bicyclic) bond motifs is 6. The maximum absolute atomic E-state index is 13.2. The quantitative estimate of drug-likeness (QED) is 0.114. The molecular weight excluding hydrogens is 840 g/mol. The van der Waals surface area contributed by atoms with Crippen molar-refractivity contribution in [3.63, 3.8) is 0 Å². The van der Waals surface area contributed by atoms with E-state index >= 15 is 0 Å². The highest BCUT2D eigenvalue weighted by Gasteiger charge is 2.48. The van der Waals surface area contributed by atoms with E-state index in [1.54, 1.807) is 0 Å². The third-order valence-corrected chi connectivity index (χ3v) is 15.6. The molecule has 4 bridgehead atoms. The number of amides is 2. The minimum atomic E-state index is -0.268. The first kappa shape index (κ1) is 39.7. The van der Waals surface area contributed by atoms with E-state index in [0.717, 1.165) is 96.4 Å². The normalized spacial score (nSPS) is 23.9. The predicted octanol–water partition coefficient (Wildman–Crippen LogP) is 10.6. The summed E-state index contributed by atoms with van der Waals surface area (Å²) in [5, 5.41) is 2.46. The van der Waals surface area contributed by atoms with Crippen molar-refractivity contribution in [1.82, 2.24) is 24.7 Å². The van der Waals surface area contributed by atoms with Gasteiger partial charge in [0, 0.05) is 49.3 Å². The number of hydrogen-bond donors (Lipinski definition) is 1. The summed E-state index contributed by atoms with van der Waals surface area (Å²) in [6.45, 7) is 2.90. The monoisotopic (exact) mass is 884 g/mol. The second-order valence-electron chi connectivity index (χ2n) is 16.2. The van der Waals surface area contributed by atoms with Crippen molar-refractivity contribution in [2.45, 2.75) is 87.6 Å². The van der Waals surface area contributed by atoms with Crippen LogP contribution in [-0.4, -0.2) is 93.3 Å². The molecule has 4 aliphatic heterocycles. The van der Waals surface area contributed by atoms with Crippen molar-refractivity contribution >= 4 is 72.3 Å². The number of benzene rings is 4. The molecule has 4 atom stereocenters. The van der Waals surface area contributed by atoms with Gasteiger partial charge < -0.3 is 29.6 Å². The van der Waals surface area contributed by atoms with Gasteiger partial charge in [0.2, 0.25) is 0 Å². The molecule has 2 amide bonds. The smallest absolute Gasteiger partial charge is 0.315 e. The summed E-state index contributed by atoms with van der Waals surface area (Å²) >= 11 is 15.5. The number of carbonyl (C=O) groups excluding carboxylic acids is 1. The fourth-order valence-corrected chi connectivity index (χ4v) is 12.4. The number of nitrogens with zero attached hydrogens (tertiary/aromatic N) is 5. The van der Waals surface area contributed by atoms with Crippen LogP contribution in [0.3, 0.4) is 0 Å². The van der Waals surface area contributed by atoms with Gasteiger partial charge in [-0.3, -0.25) is 9.80 Å². The van der Waals surface area contributed by atoms with Crippen molar-refractivity contribution in [1.29, 1.82) is 0 Å². The first-order chi connectivity index (χ1) is 29.3. The Bertz CT molecular complexity index is 2280. The zero-order valence-electron chi connectivity index (χ0n) is 33.0. The Morgan fingerprint density at radius 3 is 1.37 bits per heavy atom. The molecule has 15 heteroatoms. The molecule has 6 heterocycles. The molecule has 0 spiro atoms. The molecular formula is C45H46Cl2N6O5S2. The molecule has 11 nitrogen and oxygen atoms in total. The topological polar surface area (TPSA) is 116 Å². The van der Waals surface area contributed by atoms with Gasteiger partial charge in [-0.25, -0.2) is 14.8 Å². The largest absolute Gasteiger partial charge is 0.492 e. The van der Waals surface area contributed by atoms with E-state index in [4.69, 9.17) is 47.9 Å². The lowest BCUT2D eigenvalue weighted by atomic mass is 9.90. The lowest BCUT2D eigenvalue weighted by Gasteiger charge is -2.48. The van der Waals surface area contributed by atoms with E-state index < -0.39 is 0 Å². The molecule has 6 aromatic rings. The van der Waals surface area contributed by atoms with Crippen LogP contribution >= 0.6 is 45.9 Å². The van der Waals surface area contributed by atoms with Crippen molar-refractivity contribution < 1.29 is 23.7 Å². The van der Waals surface area contributed by atoms with Gasteiger partial charge in [-0.05, 0) is 124 Å². The summed E-state index contributed by atoms with van der Waals surface area (Å²) in [7, 11) is 0. The highest BCUT2D eigenvalue weighted by Crippen LogP contribution is 2.43. The Hall–Kier alpha value is -4.37. The van der Waals surface area contributed by atoms with Gasteiger partial charge in [-0.15, -0.1) is 0 Å². The maximum Gasteiger partial charge on any atom is 0.315 e. The molecule has 4 aliphatic rings. The van der Waals surface area contributed by atoms with Crippen LogP contribution in [0, 0.1) is 0 Å². The fraction of sp³-hybridized carbons (Fsp3) is 0.400. The number of ether oxygens (including phenoxy) is 4. The number of carbonyl (C=O) groups is 1. The average Bonchev–Trinajstić information content (AvgIpc) is 3.97. The number of hydrogen-bond acceptors (Lipinski definition) is 11. The summed E-state index contributed by atoms with van der Waals surface area (Å²) in [5.41, 5.74) is 7.88. The minimum absolute atomic E-state index is 0.176. The van der Waals surface area contributed by atoms with Crippen LogP contribution in [0.5, 0.6) is 33.4 Å². The van der Waals surface area contributed by atoms with Gasteiger partial charge in [0.05, 0.1) is 30.5 Å². The zero-order chi connectivity index (χ0) is 40.7. The molecule has 60 heavy (non-hydrogen) atoms. The second-order valence-corrected chi connectivity index (χ2v) is 19.0. The molecule has 4 saturated heterocycles. The van der Waals surface area contributed by atoms with Gasteiger partial charge >= 0.3 is 6.03 Å². The fourth-order valence-electron chi connectivity index (χ4n) is 10.2. The molecule has 2 aromatic heterocycles. The van der Waals surface area contributed by atoms with Gasteiger partial charge in [-0.2, -0.15) is 0 Å². The SMILES string of the molecule is NC(=O)N(C1CC2CCC(C1)N2CCOc1ccc(Oc2nc3cccc(Cl)c3s2)cc1)C1CC2CCC(C1)N2CCOc1ccc(Oc2nc3cccc(Cl)c3s2)cc1. The number of halogens is 2. The van der Waals surface area contributed by atoms with Crippen molar-refractivity contribution in [3.8, 4) is 33.4 Å². The molecule has 2 N–H and O–H groups in total. The summed E-state index contributed by atoms with van der Waals surface area (Å²) in [4.78, 5) is 29.6. The molecule has 0 saturated carbocycles. The lowest BCUT2D eigenvalue weighted by Crippen LogP contribution is -2.60. The molecule has 4 aromatic carbocycles. The van der Waals surface area contributed by atoms with E-state index in [1.807, 2.05) is 84.9 Å². The third-order valence-electron chi connectivity index (χ3n) is 12.7. The Morgan fingerprint density at radius 2 is 1.00 bits per heavy atom. The second kappa shape index (κ2) is 17.2. The average molecular weight is 886 g/mol. The van der Waals surface area contributed by atoms with Crippen molar-refractivity contribution in [2.24, 2.45) is 5.73 Å². The predicted molar refractivity (Wildman–Crippen MR) is 238 cm³/mol. The molecule has 0 radical (unpaired) electrons. The van der Waals surface area contributed by atoms with E-state index in [-0.39, 0.29) is 18.1 Å². The van der Waals surface area contributed by atoms with Crippen LogP contribution in [0.4, 0.5) is 4.79 Å². The standard InChI is InChI=1S/C45H46Cl2N6O5S2/c46-37-3-1-5-39-41(37)59-44(49-39)57-35-15-11-33(12-16-35)55-21-19-51-27-7-8-28(51)24-31(23-27)53(43(48)54)32-25-29-9-10-30(26-32)52(29)20-22-56-34-13-17-36(18-14-34)58-45-50-40-6-2-4-38(47)42(40)60-45/h1-6,11-18,27-32H,7-10,19-26H2,(H2,48,54). The first-order valence-electron chi connectivity index (χ1n) is 20.8. The van der Waals surface area contributed by atoms with Crippen LogP contribution in [-0.2, 0) is 0 Å². The summed E-state index contributed by atoms with van der Waals surface area (Å²) in [6.07, 6.45) is 8.44. The third kappa shape index (κ3) is 8.32. The molecule has 312 valence electrons. The number of aromatic nitrogens is 2. The number of thiazole rings is 2. The number of urea groups is 1. The van der Waals surface area contributed by atoms with E-state index in [9.17, 15) is 4.79 Å². The van der Waals surface area contributed by atoms with Crippen LogP contribution in [0.25, 0.3) is 20.4 Å². The Kier molecular flexibility index (Phi) is 11.4. The van der Waals surface area contributed by atoms with E-state index in [2.05, 4.69) is 24.7 Å². The summed E-state index contributed by atoms with van der Waals surface area (Å²) in [5.74, 6) is 3.00. The number of rotatable bonds is 14. The van der Waals surface area contributed by atoms with Gasteiger partial charge in [0.1, 0.15) is 36.2 Å². The van der Waals surface area contributed by atoms with Crippen LogP contribution < -0.4 is 24.7 Å². The van der Waals surface area contributed by atoms with Crippen molar-refractivity contribution in [2.75, 3.05) is 26.3 Å². The summed E-state index contributed by atoms with van der Waals surface area (Å²) < 4.78 is 26.3. The number of nitrogens with two attached hydrogens (primary N) is 1.